The number of ether oxygens (including phenoxy) is 1. The van der Waals surface area contributed by atoms with Crippen LogP contribution in [0.1, 0.15) is 30.7 Å². The second-order valence-electron chi connectivity index (χ2n) is 6.11. The number of nitriles is 1. The fraction of sp³-hybridized carbons (Fsp3) is 0.200. The van der Waals surface area contributed by atoms with Crippen molar-refractivity contribution in [2.45, 2.75) is 25.2 Å². The maximum atomic E-state index is 12.6. The van der Waals surface area contributed by atoms with Crippen LogP contribution in [0.4, 0.5) is 0 Å². The number of carbonyl (C=O) groups is 1. The predicted molar refractivity (Wildman–Crippen MR) is 90.5 cm³/mol. The first kappa shape index (κ1) is 14.5. The molecule has 1 heterocycles. The van der Waals surface area contributed by atoms with Gasteiger partial charge in [0.15, 0.2) is 5.78 Å². The molecule has 0 saturated heterocycles. The molecule has 1 aliphatic carbocycles. The largest absolute Gasteiger partial charge is 0.444 e. The van der Waals surface area contributed by atoms with Gasteiger partial charge in [0.25, 0.3) is 0 Å². The number of nitrogens with zero attached hydrogens (tertiary/aromatic N) is 1. The third-order valence-corrected chi connectivity index (χ3v) is 4.74. The summed E-state index contributed by atoms with van der Waals surface area (Å²) in [5, 5.41) is 11.7. The monoisotopic (exact) mass is 316 g/mol. The zero-order chi connectivity index (χ0) is 16.7. The van der Waals surface area contributed by atoms with Crippen LogP contribution in [0, 0.1) is 11.3 Å². The topological polar surface area (TPSA) is 76.1 Å². The van der Waals surface area contributed by atoms with E-state index in [0.29, 0.717) is 29.7 Å². The van der Waals surface area contributed by atoms with Gasteiger partial charge in [-0.1, -0.05) is 42.5 Å². The van der Waals surface area contributed by atoms with Crippen LogP contribution >= 0.6 is 0 Å². The lowest BCUT2D eigenvalue weighted by atomic mass is 9.76. The van der Waals surface area contributed by atoms with Crippen LogP contribution < -0.4 is 5.73 Å². The van der Waals surface area contributed by atoms with Crippen molar-refractivity contribution in [2.24, 2.45) is 5.73 Å². The third-order valence-electron chi connectivity index (χ3n) is 4.74. The Hall–Kier alpha value is -3.06. The van der Waals surface area contributed by atoms with Crippen LogP contribution in [-0.2, 0) is 9.53 Å². The smallest absolute Gasteiger partial charge is 0.205 e. The molecular weight excluding hydrogens is 300 g/mol. The summed E-state index contributed by atoms with van der Waals surface area (Å²) in [7, 11) is 0. The van der Waals surface area contributed by atoms with Crippen molar-refractivity contribution in [1.82, 2.24) is 0 Å². The minimum absolute atomic E-state index is 0.0504. The van der Waals surface area contributed by atoms with Gasteiger partial charge in [0.05, 0.1) is 5.92 Å². The number of ketones is 1. The van der Waals surface area contributed by atoms with Crippen LogP contribution in [0.15, 0.2) is 65.3 Å². The summed E-state index contributed by atoms with van der Waals surface area (Å²) in [6.45, 7) is 0. The first-order valence-electron chi connectivity index (χ1n) is 8.02. The lowest BCUT2D eigenvalue weighted by Crippen LogP contribution is -2.27. The third kappa shape index (κ3) is 2.10. The number of hydrogen-bond acceptors (Lipinski definition) is 4. The Morgan fingerprint density at radius 1 is 1.12 bits per heavy atom. The number of hydrogen-bond donors (Lipinski definition) is 1. The van der Waals surface area contributed by atoms with Gasteiger partial charge in [0.2, 0.25) is 5.88 Å². The molecule has 0 amide bonds. The number of allylic oxidation sites excluding steroid dienone is 3. The van der Waals surface area contributed by atoms with Crippen molar-refractivity contribution in [1.29, 1.82) is 5.26 Å². The molecule has 1 atom stereocenters. The van der Waals surface area contributed by atoms with Crippen molar-refractivity contribution in [3.8, 4) is 6.07 Å². The molecule has 24 heavy (non-hydrogen) atoms. The van der Waals surface area contributed by atoms with E-state index in [9.17, 15) is 10.1 Å². The minimum atomic E-state index is -0.447. The van der Waals surface area contributed by atoms with Crippen LogP contribution in [0.5, 0.6) is 0 Å². The van der Waals surface area contributed by atoms with Crippen molar-refractivity contribution < 1.29 is 9.53 Å². The Morgan fingerprint density at radius 3 is 2.75 bits per heavy atom. The molecule has 0 fully saturated rings. The number of Topliss-reactive ketones (excluding diaryl/α,β-unsaturated/α-hetero) is 1. The molecule has 0 unspecified atom stereocenters. The Bertz CT molecular complexity index is 958. The van der Waals surface area contributed by atoms with E-state index >= 15 is 0 Å². The zero-order valence-corrected chi connectivity index (χ0v) is 13.1. The van der Waals surface area contributed by atoms with E-state index in [0.717, 1.165) is 22.8 Å². The van der Waals surface area contributed by atoms with Gasteiger partial charge in [0, 0.05) is 18.4 Å². The molecule has 2 aromatic carbocycles. The summed E-state index contributed by atoms with van der Waals surface area (Å²) in [6, 6.07) is 16.1. The molecule has 0 radical (unpaired) electrons. The molecule has 0 aromatic heterocycles. The molecule has 0 saturated carbocycles. The highest BCUT2D eigenvalue weighted by molar-refractivity contribution is 6.01. The lowest BCUT2D eigenvalue weighted by Gasteiger charge is -2.31. The van der Waals surface area contributed by atoms with E-state index in [2.05, 4.69) is 6.07 Å². The number of rotatable bonds is 1. The maximum absolute atomic E-state index is 12.6. The second-order valence-corrected chi connectivity index (χ2v) is 6.11. The normalized spacial score (nSPS) is 20.6. The van der Waals surface area contributed by atoms with Gasteiger partial charge in [-0.25, -0.2) is 0 Å². The van der Waals surface area contributed by atoms with Crippen molar-refractivity contribution in [3.63, 3.8) is 0 Å². The number of nitrogens with two attached hydrogens (primary N) is 1. The van der Waals surface area contributed by atoms with Gasteiger partial charge in [0.1, 0.15) is 17.4 Å². The summed E-state index contributed by atoms with van der Waals surface area (Å²) < 4.78 is 5.62. The Balaban J connectivity index is 2.01. The van der Waals surface area contributed by atoms with Gasteiger partial charge < -0.3 is 10.5 Å². The van der Waals surface area contributed by atoms with E-state index in [-0.39, 0.29) is 11.7 Å². The van der Waals surface area contributed by atoms with E-state index in [1.165, 1.54) is 0 Å². The Morgan fingerprint density at radius 2 is 1.92 bits per heavy atom. The van der Waals surface area contributed by atoms with Crippen LogP contribution in [0.2, 0.25) is 0 Å². The van der Waals surface area contributed by atoms with Gasteiger partial charge in [-0.15, -0.1) is 0 Å². The van der Waals surface area contributed by atoms with E-state index in [1.54, 1.807) is 0 Å². The molecule has 1 aliphatic heterocycles. The maximum Gasteiger partial charge on any atom is 0.205 e. The fourth-order valence-electron chi connectivity index (χ4n) is 3.67. The summed E-state index contributed by atoms with van der Waals surface area (Å²) in [6.07, 6.45) is 1.93. The summed E-state index contributed by atoms with van der Waals surface area (Å²) in [5.74, 6) is 0.344. The number of carbonyl (C=O) groups excluding carboxylic acids is 1. The zero-order valence-electron chi connectivity index (χ0n) is 13.1. The van der Waals surface area contributed by atoms with Crippen LogP contribution in [0.3, 0.4) is 0 Å². The Labute approximate surface area is 139 Å². The molecular formula is C20H16N2O2. The van der Waals surface area contributed by atoms with E-state index < -0.39 is 5.92 Å². The summed E-state index contributed by atoms with van der Waals surface area (Å²) >= 11 is 0. The van der Waals surface area contributed by atoms with Gasteiger partial charge in [-0.2, -0.15) is 5.26 Å². The van der Waals surface area contributed by atoms with Crippen LogP contribution in [0.25, 0.3) is 10.8 Å². The van der Waals surface area contributed by atoms with Crippen LogP contribution in [-0.4, -0.2) is 5.78 Å². The van der Waals surface area contributed by atoms with E-state index in [4.69, 9.17) is 10.5 Å². The summed E-state index contributed by atoms with van der Waals surface area (Å²) in [4.78, 5) is 12.6. The Kier molecular flexibility index (Phi) is 3.35. The van der Waals surface area contributed by atoms with E-state index in [1.807, 2.05) is 42.5 Å². The standard InChI is InChI=1S/C20H16N2O2/c21-11-15-18(14-8-3-6-12-5-1-2-7-13(12)14)19-16(23)9-4-10-17(19)24-20(15)22/h1-3,5-8,18H,4,9-10,22H2/t18-/m1/s1. The van der Waals surface area contributed by atoms with Crippen molar-refractivity contribution in [2.75, 3.05) is 0 Å². The van der Waals surface area contributed by atoms with Gasteiger partial charge >= 0.3 is 0 Å². The molecule has 0 bridgehead atoms. The predicted octanol–water partition coefficient (Wildman–Crippen LogP) is 3.65. The molecule has 2 aromatic rings. The highest BCUT2D eigenvalue weighted by Crippen LogP contribution is 2.44. The molecule has 118 valence electrons. The average Bonchev–Trinajstić information content (AvgIpc) is 2.60. The minimum Gasteiger partial charge on any atom is -0.444 e. The highest BCUT2D eigenvalue weighted by atomic mass is 16.5. The SMILES string of the molecule is N#CC1=C(N)OC2=C(C(=O)CCC2)[C@@H]1c1cccc2ccccc12. The van der Waals surface area contributed by atoms with Gasteiger partial charge in [-0.05, 0) is 22.8 Å². The number of fused-ring (bicyclic) bond motifs is 1. The second kappa shape index (κ2) is 5.54. The molecule has 4 rings (SSSR count). The van der Waals surface area contributed by atoms with Crippen molar-refractivity contribution in [3.05, 3.63) is 70.8 Å². The fourth-order valence-corrected chi connectivity index (χ4v) is 3.67. The first-order valence-corrected chi connectivity index (χ1v) is 8.02. The molecule has 2 aliphatic rings. The van der Waals surface area contributed by atoms with Gasteiger partial charge in [-0.3, -0.25) is 4.79 Å². The number of benzene rings is 2. The molecule has 4 heteroatoms. The lowest BCUT2D eigenvalue weighted by molar-refractivity contribution is -0.116. The van der Waals surface area contributed by atoms with Crippen molar-refractivity contribution >= 4 is 16.6 Å². The average molecular weight is 316 g/mol. The molecule has 0 spiro atoms. The highest BCUT2D eigenvalue weighted by Gasteiger charge is 2.38. The first-order chi connectivity index (χ1) is 11.7. The summed E-state index contributed by atoms with van der Waals surface area (Å²) in [5.41, 5.74) is 7.85. The quantitative estimate of drug-likeness (QED) is 0.871. The molecule has 4 nitrogen and oxygen atoms in total. The molecule has 2 N–H and O–H groups in total.